The van der Waals surface area contributed by atoms with Gasteiger partial charge in [0, 0.05) is 31.6 Å². The van der Waals surface area contributed by atoms with Crippen molar-refractivity contribution >= 4 is 16.9 Å². The zero-order valence-corrected chi connectivity index (χ0v) is 14.5. The van der Waals surface area contributed by atoms with Crippen LogP contribution in [-0.2, 0) is 13.0 Å². The topological polar surface area (TPSA) is 65.7 Å². The molecule has 1 atom stereocenters. The van der Waals surface area contributed by atoms with Crippen LogP contribution in [0.3, 0.4) is 0 Å². The van der Waals surface area contributed by atoms with E-state index in [9.17, 15) is 9.90 Å². The monoisotopic (exact) mass is 350 g/mol. The highest BCUT2D eigenvalue weighted by Gasteiger charge is 2.19. The second-order valence-electron chi connectivity index (χ2n) is 6.77. The third kappa shape index (κ3) is 3.64. The Bertz CT molecular complexity index is 885. The fourth-order valence-electron chi connectivity index (χ4n) is 3.46. The van der Waals surface area contributed by atoms with E-state index >= 15 is 0 Å². The zero-order chi connectivity index (χ0) is 17.9. The Morgan fingerprint density at radius 2 is 1.92 bits per heavy atom. The van der Waals surface area contributed by atoms with Crippen molar-refractivity contribution in [1.29, 1.82) is 0 Å². The quantitative estimate of drug-likeness (QED) is 0.742. The number of para-hydroxylation sites is 1. The maximum absolute atomic E-state index is 12.2. The van der Waals surface area contributed by atoms with E-state index in [1.807, 2.05) is 30.3 Å². The van der Waals surface area contributed by atoms with Crippen molar-refractivity contribution in [2.24, 2.45) is 0 Å². The smallest absolute Gasteiger partial charge is 0.287 e. The highest BCUT2D eigenvalue weighted by atomic mass is 16.3. The third-order valence-corrected chi connectivity index (χ3v) is 4.83. The Balaban J connectivity index is 1.30. The van der Waals surface area contributed by atoms with Crippen molar-refractivity contribution in [2.75, 3.05) is 19.6 Å². The van der Waals surface area contributed by atoms with Crippen molar-refractivity contribution in [2.45, 2.75) is 19.1 Å². The predicted molar refractivity (Wildman–Crippen MR) is 100.0 cm³/mol. The third-order valence-electron chi connectivity index (χ3n) is 4.83. The first-order valence-electron chi connectivity index (χ1n) is 8.93. The first-order valence-corrected chi connectivity index (χ1v) is 8.93. The largest absolute Gasteiger partial charge is 0.451 e. The molecular formula is C21H22N2O3. The molecule has 3 aromatic rings. The summed E-state index contributed by atoms with van der Waals surface area (Å²) >= 11 is 0. The van der Waals surface area contributed by atoms with Gasteiger partial charge in [-0.15, -0.1) is 0 Å². The Kier molecular flexibility index (Phi) is 4.73. The molecule has 134 valence electrons. The van der Waals surface area contributed by atoms with Gasteiger partial charge in [0.25, 0.3) is 5.91 Å². The van der Waals surface area contributed by atoms with Crippen LogP contribution in [0.5, 0.6) is 0 Å². The number of nitrogens with one attached hydrogen (secondary N) is 1. The van der Waals surface area contributed by atoms with Gasteiger partial charge in [-0.2, -0.15) is 0 Å². The fourth-order valence-corrected chi connectivity index (χ4v) is 3.46. The van der Waals surface area contributed by atoms with E-state index < -0.39 is 6.10 Å². The summed E-state index contributed by atoms with van der Waals surface area (Å²) in [5, 5.41) is 14.0. The summed E-state index contributed by atoms with van der Waals surface area (Å²) in [5.74, 6) is -0.0328. The molecule has 0 saturated carbocycles. The number of furan rings is 1. The average molecular weight is 350 g/mol. The van der Waals surface area contributed by atoms with Crippen molar-refractivity contribution in [3.63, 3.8) is 0 Å². The van der Waals surface area contributed by atoms with E-state index in [-0.39, 0.29) is 18.2 Å². The van der Waals surface area contributed by atoms with Crippen LogP contribution >= 0.6 is 0 Å². The zero-order valence-electron chi connectivity index (χ0n) is 14.5. The minimum Gasteiger partial charge on any atom is -0.451 e. The number of hydrogen-bond donors (Lipinski definition) is 2. The molecule has 5 nitrogen and oxygen atoms in total. The van der Waals surface area contributed by atoms with Gasteiger partial charge in [0.05, 0.1) is 6.10 Å². The van der Waals surface area contributed by atoms with Gasteiger partial charge in [-0.3, -0.25) is 9.69 Å². The molecule has 0 fully saturated rings. The van der Waals surface area contributed by atoms with Gasteiger partial charge in [0.15, 0.2) is 5.76 Å². The van der Waals surface area contributed by atoms with Crippen LogP contribution in [0.25, 0.3) is 11.0 Å². The van der Waals surface area contributed by atoms with Gasteiger partial charge in [-0.25, -0.2) is 0 Å². The molecule has 0 saturated heterocycles. The van der Waals surface area contributed by atoms with Crippen molar-refractivity contribution in [3.05, 3.63) is 71.5 Å². The fraction of sp³-hybridized carbons (Fsp3) is 0.286. The van der Waals surface area contributed by atoms with Crippen LogP contribution in [0.1, 0.15) is 21.7 Å². The summed E-state index contributed by atoms with van der Waals surface area (Å²) in [6.45, 7) is 2.50. The molecule has 0 radical (unpaired) electrons. The number of fused-ring (bicyclic) bond motifs is 2. The molecule has 0 unspecified atom stereocenters. The van der Waals surface area contributed by atoms with E-state index in [0.29, 0.717) is 12.1 Å². The molecule has 1 aliphatic rings. The van der Waals surface area contributed by atoms with Gasteiger partial charge >= 0.3 is 0 Å². The van der Waals surface area contributed by atoms with Crippen LogP contribution in [0.15, 0.2) is 59.0 Å². The van der Waals surface area contributed by atoms with Gasteiger partial charge < -0.3 is 14.8 Å². The first-order chi connectivity index (χ1) is 12.7. The maximum atomic E-state index is 12.2. The van der Waals surface area contributed by atoms with Crippen LogP contribution in [0, 0.1) is 0 Å². The number of aliphatic hydroxyl groups excluding tert-OH is 1. The molecule has 0 bridgehead atoms. The predicted octanol–water partition coefficient (Wildman–Crippen LogP) is 2.58. The summed E-state index contributed by atoms with van der Waals surface area (Å²) < 4.78 is 5.55. The molecule has 1 aromatic heterocycles. The van der Waals surface area contributed by atoms with E-state index in [1.165, 1.54) is 11.1 Å². The summed E-state index contributed by atoms with van der Waals surface area (Å²) in [4.78, 5) is 14.5. The molecule has 5 heteroatoms. The minimum atomic E-state index is -0.617. The molecule has 2 heterocycles. The molecule has 1 amide bonds. The summed E-state index contributed by atoms with van der Waals surface area (Å²) in [6.07, 6.45) is 0.377. The highest BCUT2D eigenvalue weighted by molar-refractivity contribution is 5.96. The normalized spacial score (nSPS) is 15.6. The summed E-state index contributed by atoms with van der Waals surface area (Å²) in [7, 11) is 0. The lowest BCUT2D eigenvalue weighted by Crippen LogP contribution is -2.41. The van der Waals surface area contributed by atoms with Crippen molar-refractivity contribution in [3.8, 4) is 0 Å². The standard InChI is InChI=1S/C21H22N2O3/c24-18(14-23-10-9-15-5-1-2-7-17(15)13-23)12-22-21(25)20-11-16-6-3-4-8-19(16)26-20/h1-8,11,18,24H,9-10,12-14H2,(H,22,25)/t18-/m0/s1. The SMILES string of the molecule is O=C(NC[C@H](O)CN1CCc2ccccc2C1)c1cc2ccccc2o1. The molecule has 2 N–H and O–H groups in total. The van der Waals surface area contributed by atoms with Gasteiger partial charge in [0.1, 0.15) is 5.58 Å². The number of hydrogen-bond acceptors (Lipinski definition) is 4. The van der Waals surface area contributed by atoms with Gasteiger partial charge in [0.2, 0.25) is 0 Å². The van der Waals surface area contributed by atoms with Crippen LogP contribution in [-0.4, -0.2) is 41.7 Å². The molecule has 0 aliphatic carbocycles. The Labute approximate surface area is 152 Å². The van der Waals surface area contributed by atoms with Gasteiger partial charge in [-0.1, -0.05) is 42.5 Å². The van der Waals surface area contributed by atoms with E-state index in [0.717, 1.165) is 24.9 Å². The molecule has 4 rings (SSSR count). The minimum absolute atomic E-state index is 0.202. The number of aliphatic hydroxyl groups is 1. The Morgan fingerprint density at radius 3 is 2.77 bits per heavy atom. The molecule has 0 spiro atoms. The van der Waals surface area contributed by atoms with Crippen LogP contribution in [0.4, 0.5) is 0 Å². The number of carbonyl (C=O) groups is 1. The number of rotatable bonds is 5. The highest BCUT2D eigenvalue weighted by Crippen LogP contribution is 2.19. The second-order valence-corrected chi connectivity index (χ2v) is 6.77. The number of nitrogens with zero attached hydrogens (tertiary/aromatic N) is 1. The van der Waals surface area contributed by atoms with Crippen LogP contribution in [0.2, 0.25) is 0 Å². The lowest BCUT2D eigenvalue weighted by atomic mass is 10.00. The van der Waals surface area contributed by atoms with E-state index in [4.69, 9.17) is 4.42 Å². The first kappa shape index (κ1) is 16.8. The summed E-state index contributed by atoms with van der Waals surface area (Å²) in [6, 6.07) is 17.6. The Hall–Kier alpha value is -2.63. The Morgan fingerprint density at radius 1 is 1.15 bits per heavy atom. The van der Waals surface area contributed by atoms with Crippen molar-refractivity contribution in [1.82, 2.24) is 10.2 Å². The summed E-state index contributed by atoms with van der Waals surface area (Å²) in [5.41, 5.74) is 3.39. The molecular weight excluding hydrogens is 328 g/mol. The maximum Gasteiger partial charge on any atom is 0.287 e. The number of carbonyl (C=O) groups excluding carboxylic acids is 1. The van der Waals surface area contributed by atoms with Gasteiger partial charge in [-0.05, 0) is 29.7 Å². The molecule has 2 aromatic carbocycles. The lowest BCUT2D eigenvalue weighted by Gasteiger charge is -2.30. The van der Waals surface area contributed by atoms with Crippen molar-refractivity contribution < 1.29 is 14.3 Å². The molecule has 1 aliphatic heterocycles. The number of benzene rings is 2. The number of amides is 1. The average Bonchev–Trinajstić information content (AvgIpc) is 3.10. The lowest BCUT2D eigenvalue weighted by molar-refractivity contribution is 0.0822. The number of β-amino-alcohol motifs (C(OH)–C–C–N with tert-alkyl or cyclic N) is 1. The van der Waals surface area contributed by atoms with Crippen LogP contribution < -0.4 is 5.32 Å². The second kappa shape index (κ2) is 7.32. The van der Waals surface area contributed by atoms with E-state index in [2.05, 4.69) is 28.4 Å². The van der Waals surface area contributed by atoms with E-state index in [1.54, 1.807) is 6.07 Å². The molecule has 26 heavy (non-hydrogen) atoms.